The second-order valence-corrected chi connectivity index (χ2v) is 10.1. The molecule has 3 aromatic carbocycles. The van der Waals surface area contributed by atoms with Crippen molar-refractivity contribution < 1.29 is 22.8 Å². The molecule has 0 fully saturated rings. The van der Waals surface area contributed by atoms with E-state index in [4.69, 9.17) is 4.18 Å². The summed E-state index contributed by atoms with van der Waals surface area (Å²) in [5, 5.41) is 20.3. The molecule has 2 N–H and O–H groups in total. The van der Waals surface area contributed by atoms with Crippen molar-refractivity contribution in [3.8, 4) is 5.75 Å². The Labute approximate surface area is 197 Å². The van der Waals surface area contributed by atoms with E-state index in [0.717, 1.165) is 15.6 Å². The van der Waals surface area contributed by atoms with Gasteiger partial charge in [0.1, 0.15) is 16.7 Å². The molecule has 32 heavy (non-hydrogen) atoms. The van der Waals surface area contributed by atoms with Crippen LogP contribution in [0.25, 0.3) is 0 Å². The molecule has 0 aliphatic heterocycles. The van der Waals surface area contributed by atoms with Crippen LogP contribution in [0.2, 0.25) is 0 Å². The molecule has 6 nitrogen and oxygen atoms in total. The van der Waals surface area contributed by atoms with Gasteiger partial charge in [0.15, 0.2) is 0 Å². The second-order valence-electron chi connectivity index (χ2n) is 7.63. The van der Waals surface area contributed by atoms with Gasteiger partial charge in [-0.15, -0.1) is 0 Å². The summed E-state index contributed by atoms with van der Waals surface area (Å²) in [6.07, 6.45) is -0.980. The van der Waals surface area contributed by atoms with Crippen molar-refractivity contribution in [1.29, 1.82) is 0 Å². The van der Waals surface area contributed by atoms with Crippen LogP contribution in [0.1, 0.15) is 28.4 Å². The average molecular weight is 520 g/mol. The Balaban J connectivity index is 1.87. The molecule has 1 atom stereocenters. The van der Waals surface area contributed by atoms with E-state index < -0.39 is 16.2 Å². The molecule has 0 radical (unpaired) electrons. The van der Waals surface area contributed by atoms with Gasteiger partial charge in [-0.3, -0.25) is 4.90 Å². The molecular weight excluding hydrogens is 494 g/mol. The van der Waals surface area contributed by atoms with Gasteiger partial charge in [-0.1, -0.05) is 51.8 Å². The summed E-state index contributed by atoms with van der Waals surface area (Å²) in [6, 6.07) is 18.4. The maximum Gasteiger partial charge on any atom is 0.339 e. The predicted octanol–water partition coefficient (Wildman–Crippen LogP) is 4.03. The summed E-state index contributed by atoms with van der Waals surface area (Å²) < 4.78 is 31.4. The molecule has 3 aromatic rings. The van der Waals surface area contributed by atoms with Gasteiger partial charge >= 0.3 is 10.1 Å². The standard InChI is InChI=1S/C24H26BrNO5S/c1-17-6-9-22(10-7-17)32(29,30)31-21-5-3-4-18(15-21)24(28)23-11-8-20(25)14-19(23)16-26(2)12-13-27/h3-11,14-15,24,27-28H,12-13,16H2,1-2H3. The Morgan fingerprint density at radius 3 is 2.47 bits per heavy atom. The third-order valence-electron chi connectivity index (χ3n) is 5.01. The summed E-state index contributed by atoms with van der Waals surface area (Å²) in [5.41, 5.74) is 3.04. The summed E-state index contributed by atoms with van der Waals surface area (Å²) in [4.78, 5) is 2.02. The topological polar surface area (TPSA) is 87.1 Å². The third kappa shape index (κ3) is 6.17. The summed E-state index contributed by atoms with van der Waals surface area (Å²) in [6.45, 7) is 2.95. The van der Waals surface area contributed by atoms with Crippen molar-refractivity contribution in [3.63, 3.8) is 0 Å². The molecule has 0 amide bonds. The minimum Gasteiger partial charge on any atom is -0.395 e. The van der Waals surface area contributed by atoms with Crippen LogP contribution in [0.5, 0.6) is 5.75 Å². The van der Waals surface area contributed by atoms with Crippen LogP contribution in [0.15, 0.2) is 76.1 Å². The number of benzene rings is 3. The Morgan fingerprint density at radius 1 is 1.06 bits per heavy atom. The lowest BCUT2D eigenvalue weighted by Gasteiger charge is -2.21. The Kier molecular flexibility index (Phi) is 8.08. The van der Waals surface area contributed by atoms with Crippen LogP contribution < -0.4 is 4.18 Å². The van der Waals surface area contributed by atoms with Gasteiger partial charge in [0, 0.05) is 17.6 Å². The molecular formula is C24H26BrNO5S. The molecule has 3 rings (SSSR count). The van der Waals surface area contributed by atoms with E-state index in [9.17, 15) is 18.6 Å². The van der Waals surface area contributed by atoms with E-state index in [2.05, 4.69) is 15.9 Å². The number of hydrogen-bond acceptors (Lipinski definition) is 6. The number of halogens is 1. The highest BCUT2D eigenvalue weighted by Crippen LogP contribution is 2.30. The van der Waals surface area contributed by atoms with E-state index in [1.54, 1.807) is 30.3 Å². The average Bonchev–Trinajstić information content (AvgIpc) is 2.74. The van der Waals surface area contributed by atoms with Crippen molar-refractivity contribution in [2.75, 3.05) is 20.2 Å². The molecule has 0 aliphatic carbocycles. The van der Waals surface area contributed by atoms with Gasteiger partial charge in [0.25, 0.3) is 0 Å². The number of likely N-dealkylation sites (N-methyl/N-ethyl adjacent to an activating group) is 1. The lowest BCUT2D eigenvalue weighted by molar-refractivity contribution is 0.206. The smallest absolute Gasteiger partial charge is 0.339 e. The number of aryl methyl sites for hydroxylation is 1. The second kappa shape index (κ2) is 10.6. The molecule has 170 valence electrons. The monoisotopic (exact) mass is 519 g/mol. The zero-order valence-corrected chi connectivity index (χ0v) is 20.3. The summed E-state index contributed by atoms with van der Waals surface area (Å²) in [5.74, 6) is 0.123. The summed E-state index contributed by atoms with van der Waals surface area (Å²) >= 11 is 3.47. The zero-order valence-electron chi connectivity index (χ0n) is 17.9. The number of hydrogen-bond donors (Lipinski definition) is 2. The van der Waals surface area contributed by atoms with Crippen molar-refractivity contribution in [2.24, 2.45) is 0 Å². The van der Waals surface area contributed by atoms with Crippen molar-refractivity contribution in [2.45, 2.75) is 24.5 Å². The van der Waals surface area contributed by atoms with Crippen molar-refractivity contribution in [3.05, 3.63) is 93.5 Å². The largest absolute Gasteiger partial charge is 0.395 e. The van der Waals surface area contributed by atoms with E-state index in [-0.39, 0.29) is 17.3 Å². The van der Waals surface area contributed by atoms with Gasteiger partial charge in [0.05, 0.1) is 6.61 Å². The molecule has 0 aliphatic rings. The predicted molar refractivity (Wildman–Crippen MR) is 127 cm³/mol. The van der Waals surface area contributed by atoms with E-state index >= 15 is 0 Å². The van der Waals surface area contributed by atoms with Gasteiger partial charge in [-0.2, -0.15) is 8.42 Å². The van der Waals surface area contributed by atoms with Gasteiger partial charge < -0.3 is 14.4 Å². The molecule has 1 unspecified atom stereocenters. The quantitative estimate of drug-likeness (QED) is 0.415. The first-order chi connectivity index (χ1) is 15.2. The lowest BCUT2D eigenvalue weighted by Crippen LogP contribution is -2.22. The van der Waals surface area contributed by atoms with Crippen LogP contribution in [0.3, 0.4) is 0 Å². The van der Waals surface area contributed by atoms with Gasteiger partial charge in [0.2, 0.25) is 0 Å². The Hall–Kier alpha value is -2.23. The molecule has 0 aromatic heterocycles. The maximum atomic E-state index is 12.6. The van der Waals surface area contributed by atoms with E-state index in [1.807, 2.05) is 37.1 Å². The Bertz CT molecular complexity index is 1170. The van der Waals surface area contributed by atoms with Crippen LogP contribution in [-0.2, 0) is 16.7 Å². The minimum atomic E-state index is -3.99. The van der Waals surface area contributed by atoms with Gasteiger partial charge in [-0.25, -0.2) is 0 Å². The van der Waals surface area contributed by atoms with Crippen molar-refractivity contribution in [1.82, 2.24) is 4.90 Å². The SMILES string of the molecule is Cc1ccc(S(=O)(=O)Oc2cccc(C(O)c3ccc(Br)cc3CN(C)CCO)c2)cc1. The zero-order chi connectivity index (χ0) is 23.3. The van der Waals surface area contributed by atoms with Crippen molar-refractivity contribution >= 4 is 26.0 Å². The fraction of sp³-hybridized carbons (Fsp3) is 0.250. The molecule has 0 heterocycles. The van der Waals surface area contributed by atoms with E-state index in [0.29, 0.717) is 24.2 Å². The summed E-state index contributed by atoms with van der Waals surface area (Å²) in [7, 11) is -2.10. The fourth-order valence-corrected chi connectivity index (χ4v) is 4.65. The van der Waals surface area contributed by atoms with Crippen LogP contribution in [0.4, 0.5) is 0 Å². The first-order valence-electron chi connectivity index (χ1n) is 10.1. The first kappa shape index (κ1) is 24.4. The van der Waals surface area contributed by atoms with E-state index in [1.165, 1.54) is 18.2 Å². The Morgan fingerprint density at radius 2 is 1.78 bits per heavy atom. The normalized spacial score (nSPS) is 12.7. The fourth-order valence-electron chi connectivity index (χ4n) is 3.31. The number of aliphatic hydroxyl groups is 2. The first-order valence-corrected chi connectivity index (χ1v) is 12.3. The highest BCUT2D eigenvalue weighted by molar-refractivity contribution is 9.10. The van der Waals surface area contributed by atoms with Crippen LogP contribution in [-0.4, -0.2) is 43.7 Å². The molecule has 0 saturated carbocycles. The number of aliphatic hydroxyl groups excluding tert-OH is 2. The highest BCUT2D eigenvalue weighted by atomic mass is 79.9. The lowest BCUT2D eigenvalue weighted by atomic mass is 9.96. The van der Waals surface area contributed by atoms with Gasteiger partial charge in [-0.05, 0) is 67.1 Å². The van der Waals surface area contributed by atoms with Crippen LogP contribution >= 0.6 is 15.9 Å². The minimum absolute atomic E-state index is 0.0389. The highest BCUT2D eigenvalue weighted by Gasteiger charge is 2.20. The number of nitrogens with zero attached hydrogens (tertiary/aromatic N) is 1. The molecule has 0 bridgehead atoms. The molecule has 0 spiro atoms. The third-order valence-corrected chi connectivity index (χ3v) is 6.77. The van der Waals surface area contributed by atoms with Crippen LogP contribution in [0, 0.1) is 6.92 Å². The molecule has 8 heteroatoms. The maximum absolute atomic E-state index is 12.6. The molecule has 0 saturated heterocycles. The number of rotatable bonds is 9.